The second kappa shape index (κ2) is 104. The topological polar surface area (TPSA) is 86.7 Å². The summed E-state index contributed by atoms with van der Waals surface area (Å²) in [4.78, 5) is 39.4. The van der Waals surface area contributed by atoms with Crippen LogP contribution in [0.25, 0.3) is 0 Å². The molecule has 0 saturated carbocycles. The number of thioether (sulfide) groups is 2. The summed E-state index contributed by atoms with van der Waals surface area (Å²) in [5.41, 5.74) is 0. The average Bonchev–Trinajstić information content (AvgIpc) is 3.02. The summed E-state index contributed by atoms with van der Waals surface area (Å²) in [7, 11) is 0. The molecule has 0 spiro atoms. The molecule has 292 valence electrons. The maximum absolute atomic E-state index is 9.87. The van der Waals surface area contributed by atoms with Gasteiger partial charge < -0.3 is 54.3 Å². The van der Waals surface area contributed by atoms with Crippen molar-refractivity contribution in [3.05, 3.63) is 25.7 Å². The van der Waals surface area contributed by atoms with Crippen LogP contribution in [0.3, 0.4) is 0 Å². The Morgan fingerprint density at radius 3 is 0.776 bits per heavy atom. The van der Waals surface area contributed by atoms with E-state index in [1.807, 2.05) is 134 Å². The van der Waals surface area contributed by atoms with Crippen LogP contribution in [0.1, 0.15) is 118 Å². The molecular formula is C37H76La4O6S2-8. The van der Waals surface area contributed by atoms with Gasteiger partial charge in [-0.15, -0.1) is 23.7 Å². The summed E-state index contributed by atoms with van der Waals surface area (Å²) in [5, 5.41) is 0. The minimum absolute atomic E-state index is 0. The van der Waals surface area contributed by atoms with Crippen molar-refractivity contribution in [2.75, 3.05) is 49.4 Å². The van der Waals surface area contributed by atoms with Crippen molar-refractivity contribution in [1.82, 2.24) is 0 Å². The molecule has 0 aliphatic heterocycles. The fourth-order valence-electron chi connectivity index (χ4n) is 1.31. The predicted octanol–water partition coefficient (Wildman–Crippen LogP) is 10.1. The minimum Gasteiger partial charge on any atom is -0.541 e. The molecule has 0 N–H and O–H groups in total. The van der Waals surface area contributed by atoms with Crippen LogP contribution in [0.4, 0.5) is 0 Å². The maximum Gasteiger partial charge on any atom is 0.0436 e. The Hall–Kier alpha value is 4.08. The van der Waals surface area contributed by atoms with Gasteiger partial charge >= 0.3 is 0 Å². The first-order valence-corrected chi connectivity index (χ1v) is 18.0. The van der Waals surface area contributed by atoms with Gasteiger partial charge in [-0.2, -0.15) is 78.9 Å². The van der Waals surface area contributed by atoms with E-state index in [2.05, 4.69) is 13.8 Å². The van der Waals surface area contributed by atoms with Crippen molar-refractivity contribution < 1.29 is 171 Å². The Morgan fingerprint density at radius 2 is 0.653 bits per heavy atom. The quantitative estimate of drug-likeness (QED) is 0.141. The molecule has 12 heteroatoms. The van der Waals surface area contributed by atoms with Crippen molar-refractivity contribution >= 4 is 48.7 Å². The zero-order chi connectivity index (χ0) is 36.5. The van der Waals surface area contributed by atoms with E-state index < -0.39 is 0 Å². The molecule has 0 aliphatic rings. The summed E-state index contributed by atoms with van der Waals surface area (Å²) in [5.74, 6) is 4.09. The molecule has 4 atom stereocenters. The maximum atomic E-state index is 9.87. The molecule has 0 aromatic carbocycles. The third kappa shape index (κ3) is 166. The average molecular weight is 1240 g/mol. The number of hydrogen-bond donors (Lipinski definition) is 0. The fourth-order valence-corrected chi connectivity index (χ4v) is 2.63. The van der Waals surface area contributed by atoms with E-state index in [1.54, 1.807) is 37.4 Å². The predicted molar refractivity (Wildman–Crippen MR) is 208 cm³/mol. The van der Waals surface area contributed by atoms with E-state index in [0.29, 0.717) is 26.4 Å². The van der Waals surface area contributed by atoms with E-state index in [1.165, 1.54) is 0 Å². The van der Waals surface area contributed by atoms with E-state index in [4.69, 9.17) is 9.47 Å². The summed E-state index contributed by atoms with van der Waals surface area (Å²) in [6, 6.07) is 0. The van der Waals surface area contributed by atoms with Gasteiger partial charge in [-0.25, -0.2) is 0 Å². The van der Waals surface area contributed by atoms with E-state index in [-0.39, 0.29) is 173 Å². The summed E-state index contributed by atoms with van der Waals surface area (Å²) < 4.78 is 9.85. The molecule has 0 bridgehead atoms. The first-order valence-electron chi connectivity index (χ1n) is 15.7. The molecule has 0 aromatic rings. The zero-order valence-electron chi connectivity index (χ0n) is 33.9. The van der Waals surface area contributed by atoms with Gasteiger partial charge in [-0.3, -0.25) is 25.1 Å². The molecule has 0 heterocycles. The van der Waals surface area contributed by atoms with Crippen molar-refractivity contribution in [2.45, 2.75) is 118 Å². The van der Waals surface area contributed by atoms with Crippen molar-refractivity contribution in [3.8, 4) is 0 Å². The standard InChI is InChI=1S/2C6H11O2.2C6H11OS.4C3H7.CH4.4La/c4*1-3-8-5-6(2)4-7;4*1-3-2;;;;;/h4*6H,3,5H2,1-2H3;4*3H,1-2H3;1H4;;;;/q8*-1;;;;;. The van der Waals surface area contributed by atoms with Crippen molar-refractivity contribution in [3.63, 3.8) is 0 Å². The summed E-state index contributed by atoms with van der Waals surface area (Å²) in [6.07, 6.45) is 15.5. The second-order valence-corrected chi connectivity index (χ2v) is 11.7. The van der Waals surface area contributed by atoms with Gasteiger partial charge in [0.2, 0.25) is 0 Å². The molecule has 6 nitrogen and oxygen atoms in total. The van der Waals surface area contributed by atoms with E-state index >= 15 is 0 Å². The molecule has 0 amide bonds. The van der Waals surface area contributed by atoms with Crippen LogP contribution in [0.15, 0.2) is 0 Å². The molecule has 0 aromatic heterocycles. The zero-order valence-corrected chi connectivity index (χ0v) is 50.0. The third-order valence-electron chi connectivity index (χ3n) is 3.09. The van der Waals surface area contributed by atoms with Crippen LogP contribution in [0.2, 0.25) is 0 Å². The van der Waals surface area contributed by atoms with Gasteiger partial charge in [-0.05, 0) is 36.9 Å². The molecule has 49 heavy (non-hydrogen) atoms. The molecule has 0 fully saturated rings. The smallest absolute Gasteiger partial charge is 0.0436 e. The first kappa shape index (κ1) is 89.6. The molecule has 4 radical (unpaired) electrons. The number of ether oxygens (including phenoxy) is 2. The van der Waals surface area contributed by atoms with Crippen LogP contribution >= 0.6 is 23.5 Å². The number of carbonyl (C=O) groups excluding carboxylic acids is 4. The Balaban J connectivity index is -0.0000000280. The minimum atomic E-state index is -0.0741. The number of hydrogen-bond acceptors (Lipinski definition) is 8. The molecule has 4 unspecified atom stereocenters. The number of rotatable bonds is 16. The van der Waals surface area contributed by atoms with Gasteiger partial charge in [0.05, 0.1) is 0 Å². The van der Waals surface area contributed by atoms with E-state index in [0.717, 1.165) is 23.0 Å². The largest absolute Gasteiger partial charge is 0.541 e. The van der Waals surface area contributed by atoms with E-state index in [9.17, 15) is 19.2 Å². The van der Waals surface area contributed by atoms with Crippen LogP contribution in [0.5, 0.6) is 0 Å². The second-order valence-electron chi connectivity index (χ2n) is 9.02. The van der Waals surface area contributed by atoms with Crippen LogP contribution < -0.4 is 0 Å². The Labute approximate surface area is 429 Å². The van der Waals surface area contributed by atoms with Crippen LogP contribution in [0, 0.1) is 192 Å². The van der Waals surface area contributed by atoms with Gasteiger partial charge in [-0.1, -0.05) is 49.0 Å². The normalized spacial score (nSPS) is 10.1. The van der Waals surface area contributed by atoms with Crippen molar-refractivity contribution in [2.24, 2.45) is 23.7 Å². The molecule has 0 saturated heterocycles. The van der Waals surface area contributed by atoms with Crippen LogP contribution in [-0.4, -0.2) is 74.6 Å². The molecule has 0 aliphatic carbocycles. The van der Waals surface area contributed by atoms with Crippen molar-refractivity contribution in [1.29, 1.82) is 0 Å². The van der Waals surface area contributed by atoms with Gasteiger partial charge in [0, 0.05) is 169 Å². The Kier molecular flexibility index (Phi) is 191. The monoisotopic (exact) mass is 1240 g/mol. The fraction of sp³-hybridized carbons (Fsp3) is 0.784. The van der Waals surface area contributed by atoms with Gasteiger partial charge in [0.1, 0.15) is 0 Å². The Morgan fingerprint density at radius 1 is 0.469 bits per heavy atom. The third-order valence-corrected chi connectivity index (χ3v) is 5.38. The Bertz CT molecular complexity index is 395. The van der Waals surface area contributed by atoms with Gasteiger partial charge in [0.25, 0.3) is 0 Å². The summed E-state index contributed by atoms with van der Waals surface area (Å²) >= 11 is 3.56. The summed E-state index contributed by atoms with van der Waals surface area (Å²) in [6.45, 7) is 33.6. The van der Waals surface area contributed by atoms with Crippen LogP contribution in [-0.2, 0) is 28.7 Å². The SMILES string of the molecule is C.CCOCC(C)[C-]=O.CCOCC(C)[C-]=O.CCSCC(C)[C-]=O.CCSCC(C)[C-]=O.C[CH-]C.C[CH-]C.C[CH-]C.C[CH-]C.[La].[La].[La].[La]. The molecular weight excluding hydrogens is 1160 g/mol. The van der Waals surface area contributed by atoms with Gasteiger partial charge in [0.15, 0.2) is 0 Å². The first-order chi connectivity index (χ1) is 20.9. The molecule has 0 rings (SSSR count).